The van der Waals surface area contributed by atoms with Crippen molar-refractivity contribution in [3.8, 4) is 0 Å². The molecule has 128 valence electrons. The summed E-state index contributed by atoms with van der Waals surface area (Å²) >= 11 is 0. The van der Waals surface area contributed by atoms with Crippen molar-refractivity contribution in [1.82, 2.24) is 5.32 Å². The molecule has 0 spiro atoms. The van der Waals surface area contributed by atoms with Gasteiger partial charge in [-0.1, -0.05) is 30.3 Å². The maximum absolute atomic E-state index is 13.0. The Labute approximate surface area is 157 Å². The number of carbonyl (C=O) groups excluding carboxylic acids is 1. The van der Waals surface area contributed by atoms with Crippen molar-refractivity contribution < 1.29 is 9.18 Å². The Hall–Kier alpha value is -2.16. The van der Waals surface area contributed by atoms with Gasteiger partial charge >= 0.3 is 0 Å². The molecule has 0 fully saturated rings. The molecule has 0 aliphatic heterocycles. The van der Waals surface area contributed by atoms with Crippen LogP contribution in [0.1, 0.15) is 5.56 Å². The largest absolute Gasteiger partial charge is 0.370 e. The lowest BCUT2D eigenvalue weighted by atomic mass is 10.1. The Balaban J connectivity index is 0.00000288. The molecule has 0 bridgehead atoms. The Bertz CT molecular complexity index is 679. The zero-order valence-corrected chi connectivity index (χ0v) is 15.4. The van der Waals surface area contributed by atoms with E-state index in [1.807, 2.05) is 30.3 Å². The van der Waals surface area contributed by atoms with Gasteiger partial charge in [0.25, 0.3) is 0 Å². The van der Waals surface area contributed by atoms with E-state index in [-0.39, 0.29) is 48.1 Å². The second-order valence-electron chi connectivity index (χ2n) is 4.91. The summed E-state index contributed by atoms with van der Waals surface area (Å²) in [5.74, 6) is -0.240. The number of guanidine groups is 1. The van der Waals surface area contributed by atoms with Gasteiger partial charge in [-0.15, -0.1) is 24.0 Å². The van der Waals surface area contributed by atoms with Crippen LogP contribution in [0.25, 0.3) is 0 Å². The summed E-state index contributed by atoms with van der Waals surface area (Å²) in [5, 5.41) is 5.67. The number of rotatable bonds is 6. The number of aliphatic imine (C=N–C) groups is 1. The zero-order chi connectivity index (χ0) is 16.5. The van der Waals surface area contributed by atoms with Gasteiger partial charge in [0.15, 0.2) is 5.96 Å². The number of carbonyl (C=O) groups is 1. The maximum Gasteiger partial charge on any atom is 0.224 e. The predicted molar refractivity (Wildman–Crippen MR) is 105 cm³/mol. The van der Waals surface area contributed by atoms with Crippen LogP contribution in [0.15, 0.2) is 59.6 Å². The quantitative estimate of drug-likeness (QED) is 0.279. The second kappa shape index (κ2) is 10.6. The van der Waals surface area contributed by atoms with E-state index in [1.54, 1.807) is 12.1 Å². The molecular weight excluding hydrogens is 422 g/mol. The third kappa shape index (κ3) is 7.40. The topological polar surface area (TPSA) is 79.5 Å². The molecular formula is C17H20FIN4O. The van der Waals surface area contributed by atoms with Gasteiger partial charge in [0, 0.05) is 12.2 Å². The SMILES string of the molecule is I.NC(=NCCNC(=O)Cc1cccc(F)c1)Nc1ccccc1. The van der Waals surface area contributed by atoms with Crippen LogP contribution in [-0.2, 0) is 11.2 Å². The van der Waals surface area contributed by atoms with Crippen molar-refractivity contribution in [1.29, 1.82) is 0 Å². The van der Waals surface area contributed by atoms with Crippen molar-refractivity contribution in [3.63, 3.8) is 0 Å². The second-order valence-corrected chi connectivity index (χ2v) is 4.91. The van der Waals surface area contributed by atoms with E-state index in [4.69, 9.17) is 5.73 Å². The number of nitrogens with zero attached hydrogens (tertiary/aromatic N) is 1. The Morgan fingerprint density at radius 2 is 1.88 bits per heavy atom. The summed E-state index contributed by atoms with van der Waals surface area (Å²) in [6.07, 6.45) is 0.138. The number of anilines is 1. The summed E-state index contributed by atoms with van der Waals surface area (Å²) in [5.41, 5.74) is 7.23. The first-order valence-electron chi connectivity index (χ1n) is 7.26. The highest BCUT2D eigenvalue weighted by Crippen LogP contribution is 2.04. The van der Waals surface area contributed by atoms with Crippen molar-refractivity contribution in [2.75, 3.05) is 18.4 Å². The highest BCUT2D eigenvalue weighted by atomic mass is 127. The molecule has 0 radical (unpaired) electrons. The summed E-state index contributed by atoms with van der Waals surface area (Å²) < 4.78 is 13.0. The summed E-state index contributed by atoms with van der Waals surface area (Å²) in [7, 11) is 0. The van der Waals surface area contributed by atoms with Crippen LogP contribution in [-0.4, -0.2) is 25.0 Å². The molecule has 0 unspecified atom stereocenters. The molecule has 0 atom stereocenters. The van der Waals surface area contributed by atoms with Gasteiger partial charge in [-0.2, -0.15) is 0 Å². The van der Waals surface area contributed by atoms with Gasteiger partial charge in [-0.25, -0.2) is 4.39 Å². The molecule has 4 N–H and O–H groups in total. The van der Waals surface area contributed by atoms with Gasteiger partial charge in [-0.05, 0) is 29.8 Å². The van der Waals surface area contributed by atoms with Crippen molar-refractivity contribution in [3.05, 3.63) is 66.0 Å². The fourth-order valence-electron chi connectivity index (χ4n) is 1.98. The molecule has 0 aromatic heterocycles. The fraction of sp³-hybridized carbons (Fsp3) is 0.176. The van der Waals surface area contributed by atoms with E-state index in [2.05, 4.69) is 15.6 Å². The molecule has 5 nitrogen and oxygen atoms in total. The Morgan fingerprint density at radius 1 is 1.12 bits per heavy atom. The lowest BCUT2D eigenvalue weighted by molar-refractivity contribution is -0.120. The molecule has 0 aliphatic rings. The number of hydrogen-bond acceptors (Lipinski definition) is 2. The molecule has 2 aromatic rings. The van der Waals surface area contributed by atoms with Gasteiger partial charge in [0.05, 0.1) is 13.0 Å². The lowest BCUT2D eigenvalue weighted by Gasteiger charge is -2.06. The number of hydrogen-bond donors (Lipinski definition) is 3. The van der Waals surface area contributed by atoms with Gasteiger partial charge in [0.1, 0.15) is 5.82 Å². The third-order valence-electron chi connectivity index (χ3n) is 3.02. The molecule has 0 heterocycles. The van der Waals surface area contributed by atoms with Crippen LogP contribution < -0.4 is 16.4 Å². The average Bonchev–Trinajstić information content (AvgIpc) is 2.52. The van der Waals surface area contributed by atoms with E-state index in [0.717, 1.165) is 5.69 Å². The van der Waals surface area contributed by atoms with Gasteiger partial charge in [0.2, 0.25) is 5.91 Å². The fourth-order valence-corrected chi connectivity index (χ4v) is 1.98. The summed E-state index contributed by atoms with van der Waals surface area (Å²) in [6, 6.07) is 15.4. The first-order chi connectivity index (χ1) is 11.1. The first-order valence-corrected chi connectivity index (χ1v) is 7.26. The molecule has 1 amide bonds. The van der Waals surface area contributed by atoms with Crippen LogP contribution in [0.2, 0.25) is 0 Å². The van der Waals surface area contributed by atoms with Gasteiger partial charge < -0.3 is 16.4 Å². The minimum Gasteiger partial charge on any atom is -0.370 e. The Morgan fingerprint density at radius 3 is 2.58 bits per heavy atom. The van der Waals surface area contributed by atoms with Crippen LogP contribution in [0, 0.1) is 5.82 Å². The monoisotopic (exact) mass is 442 g/mol. The third-order valence-corrected chi connectivity index (χ3v) is 3.02. The summed E-state index contributed by atoms with van der Waals surface area (Å²) in [6.45, 7) is 0.728. The van der Waals surface area contributed by atoms with E-state index >= 15 is 0 Å². The minimum atomic E-state index is -0.348. The van der Waals surface area contributed by atoms with E-state index in [0.29, 0.717) is 18.7 Å². The number of amides is 1. The highest BCUT2D eigenvalue weighted by molar-refractivity contribution is 14.0. The molecule has 2 rings (SSSR count). The lowest BCUT2D eigenvalue weighted by Crippen LogP contribution is -2.29. The molecule has 0 aliphatic carbocycles. The van der Waals surface area contributed by atoms with Gasteiger partial charge in [-0.3, -0.25) is 9.79 Å². The number of benzene rings is 2. The molecule has 24 heavy (non-hydrogen) atoms. The first kappa shape index (κ1) is 19.9. The van der Waals surface area contributed by atoms with E-state index in [9.17, 15) is 9.18 Å². The van der Waals surface area contributed by atoms with Crippen LogP contribution in [0.4, 0.5) is 10.1 Å². The number of nitrogens with two attached hydrogens (primary N) is 1. The predicted octanol–water partition coefficient (Wildman–Crippen LogP) is 2.53. The normalized spacial score (nSPS) is 10.6. The van der Waals surface area contributed by atoms with Crippen molar-refractivity contribution in [2.24, 2.45) is 10.7 Å². The van der Waals surface area contributed by atoms with Crippen molar-refractivity contribution >= 4 is 41.5 Å². The maximum atomic E-state index is 13.0. The smallest absolute Gasteiger partial charge is 0.224 e. The highest BCUT2D eigenvalue weighted by Gasteiger charge is 2.03. The van der Waals surface area contributed by atoms with Crippen molar-refractivity contribution in [2.45, 2.75) is 6.42 Å². The van der Waals surface area contributed by atoms with Crippen LogP contribution >= 0.6 is 24.0 Å². The molecule has 0 saturated heterocycles. The molecule has 2 aromatic carbocycles. The minimum absolute atomic E-state index is 0. The Kier molecular flexibility index (Phi) is 8.77. The number of nitrogens with one attached hydrogen (secondary N) is 2. The van der Waals surface area contributed by atoms with Crippen LogP contribution in [0.3, 0.4) is 0 Å². The zero-order valence-electron chi connectivity index (χ0n) is 13.0. The average molecular weight is 442 g/mol. The molecule has 0 saturated carbocycles. The number of para-hydroxylation sites is 1. The molecule has 7 heteroatoms. The van der Waals surface area contributed by atoms with Crippen LogP contribution in [0.5, 0.6) is 0 Å². The van der Waals surface area contributed by atoms with E-state index < -0.39 is 0 Å². The number of halogens is 2. The summed E-state index contributed by atoms with van der Waals surface area (Å²) in [4.78, 5) is 15.9. The van der Waals surface area contributed by atoms with E-state index in [1.165, 1.54) is 12.1 Å². The standard InChI is InChI=1S/C17H19FN4O.HI/c18-14-6-4-5-13(11-14)12-16(23)20-9-10-21-17(19)22-15-7-2-1-3-8-15;/h1-8,11H,9-10,12H2,(H,20,23)(H3,19,21,22);1H.